The third-order valence-corrected chi connectivity index (χ3v) is 0.949. The van der Waals surface area contributed by atoms with Gasteiger partial charge in [0, 0.05) is 17.7 Å². The monoisotopic (exact) mass is 211 g/mol. The van der Waals surface area contributed by atoms with Gasteiger partial charge in [0.05, 0.1) is 20.3 Å². The molecule has 82 valence electrons. The third kappa shape index (κ3) is 14.7. The lowest BCUT2D eigenvalue weighted by Crippen LogP contribution is -1.98. The molecule has 0 amide bonds. The number of hydrogen-bond acceptors (Lipinski definition) is 5. The molecule has 0 saturated carbocycles. The van der Waals surface area contributed by atoms with E-state index < -0.39 is 11.9 Å². The van der Waals surface area contributed by atoms with Crippen molar-refractivity contribution in [2.45, 2.75) is 6.92 Å². The van der Waals surface area contributed by atoms with E-state index in [1.165, 1.54) is 14.2 Å². The van der Waals surface area contributed by atoms with Crippen molar-refractivity contribution in [3.8, 4) is 6.07 Å². The molecule has 0 spiro atoms. The second kappa shape index (κ2) is 9.99. The maximum Gasteiger partial charge on any atom is 0.330 e. The second-order valence-electron chi connectivity index (χ2n) is 2.27. The molecular weight excluding hydrogens is 198 g/mol. The number of allylic oxidation sites excluding steroid dienone is 1. The number of methoxy groups -OCH3 is 2. The lowest BCUT2D eigenvalue weighted by Gasteiger charge is -1.89. The molecule has 0 aliphatic rings. The molecular formula is C10H13NO4. The summed E-state index contributed by atoms with van der Waals surface area (Å²) >= 11 is 0. The molecule has 0 aromatic rings. The number of carbonyl (C=O) groups excluding carboxylic acids is 2. The molecule has 5 nitrogen and oxygen atoms in total. The highest BCUT2D eigenvalue weighted by Crippen LogP contribution is 1.80. The number of nitrogens with zero attached hydrogens (tertiary/aromatic N) is 1. The Morgan fingerprint density at radius 3 is 1.60 bits per heavy atom. The smallest absolute Gasteiger partial charge is 0.330 e. The van der Waals surface area contributed by atoms with Crippen LogP contribution in [0.4, 0.5) is 0 Å². The van der Waals surface area contributed by atoms with Crippen LogP contribution in [-0.2, 0) is 19.1 Å². The number of rotatable bonds is 2. The van der Waals surface area contributed by atoms with Gasteiger partial charge in [0.15, 0.2) is 0 Å². The molecule has 0 aromatic heterocycles. The van der Waals surface area contributed by atoms with Crippen molar-refractivity contribution < 1.29 is 19.1 Å². The number of hydrogen-bond donors (Lipinski definition) is 0. The molecule has 15 heavy (non-hydrogen) atoms. The zero-order valence-corrected chi connectivity index (χ0v) is 8.94. The van der Waals surface area contributed by atoms with E-state index in [1.54, 1.807) is 6.92 Å². The fraction of sp³-hybridized carbons (Fsp3) is 0.300. The van der Waals surface area contributed by atoms with E-state index in [9.17, 15) is 9.59 Å². The van der Waals surface area contributed by atoms with E-state index in [0.29, 0.717) is 5.57 Å². The first-order chi connectivity index (χ1) is 6.97. The number of carbonyl (C=O) groups is 2. The van der Waals surface area contributed by atoms with Crippen molar-refractivity contribution in [3.05, 3.63) is 24.3 Å². The Kier molecular flexibility index (Phi) is 10.3. The van der Waals surface area contributed by atoms with Gasteiger partial charge in [-0.2, -0.15) is 5.26 Å². The predicted octanol–water partition coefficient (Wildman–Crippen LogP) is 0.975. The Morgan fingerprint density at radius 1 is 1.20 bits per heavy atom. The molecule has 0 bridgehead atoms. The molecule has 0 N–H and O–H groups in total. The van der Waals surface area contributed by atoms with Crippen molar-refractivity contribution in [1.29, 1.82) is 5.26 Å². The number of nitriles is 1. The minimum atomic E-state index is -0.578. The third-order valence-electron chi connectivity index (χ3n) is 0.949. The van der Waals surface area contributed by atoms with Crippen LogP contribution in [0.2, 0.25) is 0 Å². The summed E-state index contributed by atoms with van der Waals surface area (Å²) in [5.74, 6) is -1.16. The van der Waals surface area contributed by atoms with Gasteiger partial charge < -0.3 is 9.47 Å². The number of esters is 2. The van der Waals surface area contributed by atoms with Crippen LogP contribution in [0.3, 0.4) is 0 Å². The van der Waals surface area contributed by atoms with E-state index >= 15 is 0 Å². The molecule has 0 aliphatic heterocycles. The minimum absolute atomic E-state index is 0.560. The Morgan fingerprint density at radius 2 is 1.47 bits per heavy atom. The average molecular weight is 211 g/mol. The highest BCUT2D eigenvalue weighted by atomic mass is 16.5. The first kappa shape index (κ1) is 15.4. The highest BCUT2D eigenvalue weighted by Gasteiger charge is 1.94. The average Bonchev–Trinajstić information content (AvgIpc) is 2.25. The van der Waals surface area contributed by atoms with Gasteiger partial charge >= 0.3 is 11.9 Å². The van der Waals surface area contributed by atoms with Gasteiger partial charge in [0.2, 0.25) is 0 Å². The quantitative estimate of drug-likeness (QED) is 0.386. The fourth-order valence-corrected chi connectivity index (χ4v) is 0.272. The fourth-order valence-electron chi connectivity index (χ4n) is 0.272. The molecule has 0 saturated heterocycles. The summed E-state index contributed by atoms with van der Waals surface area (Å²) < 4.78 is 8.42. The van der Waals surface area contributed by atoms with Crippen LogP contribution in [0.15, 0.2) is 24.3 Å². The molecule has 0 heterocycles. The summed E-state index contributed by atoms with van der Waals surface area (Å²) in [6.45, 7) is 4.98. The van der Waals surface area contributed by atoms with Gasteiger partial charge in [-0.25, -0.2) is 9.59 Å². The van der Waals surface area contributed by atoms with Gasteiger partial charge in [-0.1, -0.05) is 6.58 Å². The largest absolute Gasteiger partial charge is 0.466 e. The molecule has 0 aliphatic carbocycles. The zero-order chi connectivity index (χ0) is 12.3. The Labute approximate surface area is 88.6 Å². The summed E-state index contributed by atoms with van der Waals surface area (Å²) in [4.78, 5) is 20.6. The van der Waals surface area contributed by atoms with Gasteiger partial charge in [-0.3, -0.25) is 0 Å². The summed E-state index contributed by atoms with van der Waals surface area (Å²) in [7, 11) is 2.45. The van der Waals surface area contributed by atoms with E-state index in [0.717, 1.165) is 12.2 Å². The molecule has 0 unspecified atom stereocenters. The van der Waals surface area contributed by atoms with Crippen LogP contribution in [0.1, 0.15) is 6.92 Å². The second-order valence-corrected chi connectivity index (χ2v) is 2.27. The highest BCUT2D eigenvalue weighted by molar-refractivity contribution is 5.91. The van der Waals surface area contributed by atoms with Crippen molar-refractivity contribution in [2.24, 2.45) is 0 Å². The summed E-state index contributed by atoms with van der Waals surface area (Å²) in [6, 6.07) is 1.83. The van der Waals surface area contributed by atoms with Gasteiger partial charge in [-0.05, 0) is 6.92 Å². The molecule has 0 aromatic carbocycles. The van der Waals surface area contributed by atoms with Crippen LogP contribution in [0, 0.1) is 11.3 Å². The lowest BCUT2D eigenvalue weighted by molar-refractivity contribution is -0.137. The molecule has 5 heteroatoms. The molecule has 0 rings (SSSR count). The Bertz CT molecular complexity index is 281. The van der Waals surface area contributed by atoms with Crippen molar-refractivity contribution in [2.75, 3.05) is 14.2 Å². The SMILES string of the molecule is C=C(C)C#N.COC(=O)C=CC(=O)OC. The normalized spacial score (nSPS) is 8.13. The molecule has 0 radical (unpaired) electrons. The zero-order valence-electron chi connectivity index (χ0n) is 8.94. The maximum atomic E-state index is 10.3. The standard InChI is InChI=1S/C6H8O4.C4H5N/c1-9-5(7)3-4-6(8)10-2;1-4(2)3-5/h3-4H,1-2H3;1H2,2H3. The van der Waals surface area contributed by atoms with E-state index in [4.69, 9.17) is 5.26 Å². The summed E-state index contributed by atoms with van der Waals surface area (Å²) in [6.07, 6.45) is 1.98. The predicted molar refractivity (Wildman–Crippen MR) is 53.6 cm³/mol. The van der Waals surface area contributed by atoms with Crippen LogP contribution in [-0.4, -0.2) is 26.2 Å². The Balaban J connectivity index is 0. The summed E-state index contributed by atoms with van der Waals surface area (Å²) in [5, 5.41) is 7.79. The topological polar surface area (TPSA) is 76.4 Å². The van der Waals surface area contributed by atoms with Crippen molar-refractivity contribution in [3.63, 3.8) is 0 Å². The molecule has 0 fully saturated rings. The van der Waals surface area contributed by atoms with Gasteiger partial charge in [0.1, 0.15) is 0 Å². The van der Waals surface area contributed by atoms with E-state index in [-0.39, 0.29) is 0 Å². The van der Waals surface area contributed by atoms with Crippen LogP contribution >= 0.6 is 0 Å². The van der Waals surface area contributed by atoms with Crippen molar-refractivity contribution >= 4 is 11.9 Å². The maximum absolute atomic E-state index is 10.3. The van der Waals surface area contributed by atoms with E-state index in [1.807, 2.05) is 6.07 Å². The van der Waals surface area contributed by atoms with Gasteiger partial charge in [0.25, 0.3) is 0 Å². The number of ether oxygens (including phenoxy) is 2. The summed E-state index contributed by atoms with van der Waals surface area (Å²) in [5.41, 5.74) is 0.560. The van der Waals surface area contributed by atoms with Crippen LogP contribution in [0.25, 0.3) is 0 Å². The lowest BCUT2D eigenvalue weighted by atomic mass is 10.4. The first-order valence-corrected chi connectivity index (χ1v) is 3.87. The van der Waals surface area contributed by atoms with Crippen LogP contribution in [0.5, 0.6) is 0 Å². The molecule has 0 atom stereocenters. The van der Waals surface area contributed by atoms with Crippen molar-refractivity contribution in [1.82, 2.24) is 0 Å². The van der Waals surface area contributed by atoms with Crippen LogP contribution < -0.4 is 0 Å². The minimum Gasteiger partial charge on any atom is -0.466 e. The van der Waals surface area contributed by atoms with Gasteiger partial charge in [-0.15, -0.1) is 0 Å². The Hall–Kier alpha value is -2.09. The van der Waals surface area contributed by atoms with E-state index in [2.05, 4.69) is 16.1 Å². The first-order valence-electron chi connectivity index (χ1n) is 3.87.